The van der Waals surface area contributed by atoms with Crippen molar-refractivity contribution in [2.45, 2.75) is 39.1 Å². The van der Waals surface area contributed by atoms with Gasteiger partial charge in [-0.2, -0.15) is 0 Å². The van der Waals surface area contributed by atoms with Crippen LogP contribution in [0.4, 0.5) is 0 Å². The first-order chi connectivity index (χ1) is 11.1. The minimum Gasteiger partial charge on any atom is -0.481 e. The van der Waals surface area contributed by atoms with Crippen LogP contribution in [0.1, 0.15) is 25.3 Å². The van der Waals surface area contributed by atoms with Gasteiger partial charge in [-0.15, -0.1) is 0 Å². The predicted molar refractivity (Wildman–Crippen MR) is 86.3 cm³/mol. The zero-order chi connectivity index (χ0) is 16.2. The average Bonchev–Trinajstić information content (AvgIpc) is 3.09. The molecule has 5 heteroatoms. The predicted octanol–water partition coefficient (Wildman–Crippen LogP) is 2.37. The van der Waals surface area contributed by atoms with Gasteiger partial charge in [-0.3, -0.25) is 4.79 Å². The van der Waals surface area contributed by atoms with Crippen molar-refractivity contribution in [1.82, 2.24) is 4.90 Å². The van der Waals surface area contributed by atoms with Crippen molar-refractivity contribution >= 4 is 5.91 Å². The van der Waals surface area contributed by atoms with E-state index in [0.29, 0.717) is 19.8 Å². The molecular weight excluding hydrogens is 294 g/mol. The number of piperidine rings is 1. The fourth-order valence-corrected chi connectivity index (χ4v) is 3.28. The normalized spacial score (nSPS) is 23.7. The second-order valence-electron chi connectivity index (χ2n) is 6.37. The lowest BCUT2D eigenvalue weighted by molar-refractivity contribution is -0.145. The molecule has 0 spiro atoms. The Kier molecular flexibility index (Phi) is 5.18. The molecule has 0 saturated carbocycles. The number of amides is 1. The van der Waals surface area contributed by atoms with Gasteiger partial charge in [0.2, 0.25) is 0 Å². The Morgan fingerprint density at radius 3 is 2.87 bits per heavy atom. The lowest BCUT2D eigenvalue weighted by Crippen LogP contribution is -2.48. The lowest BCUT2D eigenvalue weighted by Gasteiger charge is -2.35. The van der Waals surface area contributed by atoms with Crippen LogP contribution in [0.15, 0.2) is 24.3 Å². The van der Waals surface area contributed by atoms with Gasteiger partial charge in [0.05, 0.1) is 13.2 Å². The molecule has 126 valence electrons. The Balaban J connectivity index is 1.57. The van der Waals surface area contributed by atoms with Gasteiger partial charge < -0.3 is 19.1 Å². The summed E-state index contributed by atoms with van der Waals surface area (Å²) in [6.45, 7) is 6.60. The SMILES string of the molecule is Cc1cccc(OC(C)C(=O)N2CCCC(C3OCCO3)C2)c1. The number of carbonyl (C=O) groups excluding carboxylic acids is 1. The smallest absolute Gasteiger partial charge is 0.263 e. The van der Waals surface area contributed by atoms with Crippen molar-refractivity contribution in [3.8, 4) is 5.75 Å². The van der Waals surface area contributed by atoms with Gasteiger partial charge in [0, 0.05) is 19.0 Å². The highest BCUT2D eigenvalue weighted by atomic mass is 16.7. The number of likely N-dealkylation sites (tertiary alicyclic amines) is 1. The standard InChI is InChI=1S/C18H25NO4/c1-13-5-3-7-16(11-13)23-14(2)17(20)19-8-4-6-15(12-19)18-21-9-10-22-18/h3,5,7,11,14-15,18H,4,6,8-10,12H2,1-2H3. The lowest BCUT2D eigenvalue weighted by atomic mass is 9.97. The molecule has 5 nitrogen and oxygen atoms in total. The molecule has 0 aromatic heterocycles. The summed E-state index contributed by atoms with van der Waals surface area (Å²) in [5, 5.41) is 0. The van der Waals surface area contributed by atoms with Crippen molar-refractivity contribution in [1.29, 1.82) is 0 Å². The fourth-order valence-electron chi connectivity index (χ4n) is 3.28. The van der Waals surface area contributed by atoms with Crippen LogP contribution in [0, 0.1) is 12.8 Å². The molecule has 2 heterocycles. The van der Waals surface area contributed by atoms with E-state index in [1.54, 1.807) is 0 Å². The summed E-state index contributed by atoms with van der Waals surface area (Å²) in [6, 6.07) is 7.78. The van der Waals surface area contributed by atoms with E-state index in [4.69, 9.17) is 14.2 Å². The molecule has 1 aromatic carbocycles. The van der Waals surface area contributed by atoms with Gasteiger partial charge in [-0.1, -0.05) is 12.1 Å². The van der Waals surface area contributed by atoms with Crippen LogP contribution >= 0.6 is 0 Å². The topological polar surface area (TPSA) is 48.0 Å². The van der Waals surface area contributed by atoms with E-state index in [-0.39, 0.29) is 18.1 Å². The summed E-state index contributed by atoms with van der Waals surface area (Å²) < 4.78 is 17.0. The van der Waals surface area contributed by atoms with E-state index in [2.05, 4.69) is 0 Å². The average molecular weight is 319 g/mol. The Hall–Kier alpha value is -1.59. The van der Waals surface area contributed by atoms with Crippen LogP contribution in [0.5, 0.6) is 5.75 Å². The Morgan fingerprint density at radius 1 is 1.35 bits per heavy atom. The van der Waals surface area contributed by atoms with E-state index in [1.807, 2.05) is 43.0 Å². The first-order valence-electron chi connectivity index (χ1n) is 8.39. The molecule has 2 unspecified atom stereocenters. The molecule has 1 amide bonds. The van der Waals surface area contributed by atoms with Gasteiger partial charge in [0.25, 0.3) is 5.91 Å². The van der Waals surface area contributed by atoms with E-state index < -0.39 is 6.10 Å². The quantitative estimate of drug-likeness (QED) is 0.855. The Bertz CT molecular complexity index is 542. The fraction of sp³-hybridized carbons (Fsp3) is 0.611. The molecule has 0 N–H and O–H groups in total. The number of nitrogens with zero attached hydrogens (tertiary/aromatic N) is 1. The van der Waals surface area contributed by atoms with Crippen LogP contribution in [-0.2, 0) is 14.3 Å². The highest BCUT2D eigenvalue weighted by Crippen LogP contribution is 2.25. The molecule has 0 bridgehead atoms. The second-order valence-corrected chi connectivity index (χ2v) is 6.37. The molecule has 3 rings (SSSR count). The zero-order valence-corrected chi connectivity index (χ0v) is 13.9. The van der Waals surface area contributed by atoms with E-state index in [9.17, 15) is 4.79 Å². The van der Waals surface area contributed by atoms with Crippen LogP contribution in [0.3, 0.4) is 0 Å². The number of carbonyl (C=O) groups is 1. The Labute approximate surface area is 137 Å². The third kappa shape index (κ3) is 4.03. The monoisotopic (exact) mass is 319 g/mol. The van der Waals surface area contributed by atoms with Gasteiger partial charge in [-0.25, -0.2) is 0 Å². The summed E-state index contributed by atoms with van der Waals surface area (Å²) in [7, 11) is 0. The molecular formula is C18H25NO4. The molecule has 0 radical (unpaired) electrons. The maximum absolute atomic E-state index is 12.7. The van der Waals surface area contributed by atoms with Crippen molar-refractivity contribution in [2.24, 2.45) is 5.92 Å². The number of benzene rings is 1. The highest BCUT2D eigenvalue weighted by molar-refractivity contribution is 5.81. The summed E-state index contributed by atoms with van der Waals surface area (Å²) in [5.74, 6) is 1.04. The van der Waals surface area contributed by atoms with Crippen LogP contribution in [0.2, 0.25) is 0 Å². The third-order valence-electron chi connectivity index (χ3n) is 4.45. The van der Waals surface area contributed by atoms with Crippen molar-refractivity contribution < 1.29 is 19.0 Å². The molecule has 2 aliphatic rings. The third-order valence-corrected chi connectivity index (χ3v) is 4.45. The summed E-state index contributed by atoms with van der Waals surface area (Å²) in [6.07, 6.45) is 1.39. The molecule has 2 fully saturated rings. The van der Waals surface area contributed by atoms with E-state index >= 15 is 0 Å². The van der Waals surface area contributed by atoms with Crippen LogP contribution < -0.4 is 4.74 Å². The molecule has 1 aromatic rings. The van der Waals surface area contributed by atoms with Crippen LogP contribution in [-0.4, -0.2) is 49.5 Å². The molecule has 23 heavy (non-hydrogen) atoms. The Morgan fingerprint density at radius 2 is 2.13 bits per heavy atom. The number of hydrogen-bond donors (Lipinski definition) is 0. The number of ether oxygens (including phenoxy) is 3. The zero-order valence-electron chi connectivity index (χ0n) is 13.9. The van der Waals surface area contributed by atoms with E-state index in [0.717, 1.165) is 30.7 Å². The minimum atomic E-state index is -0.485. The van der Waals surface area contributed by atoms with Gasteiger partial charge in [0.15, 0.2) is 12.4 Å². The summed E-state index contributed by atoms with van der Waals surface area (Å²) in [5.41, 5.74) is 1.12. The molecule has 2 atom stereocenters. The maximum atomic E-state index is 12.7. The highest BCUT2D eigenvalue weighted by Gasteiger charge is 2.34. The van der Waals surface area contributed by atoms with Gasteiger partial charge in [-0.05, 0) is 44.4 Å². The van der Waals surface area contributed by atoms with Crippen molar-refractivity contribution in [2.75, 3.05) is 26.3 Å². The van der Waals surface area contributed by atoms with Gasteiger partial charge >= 0.3 is 0 Å². The second kappa shape index (κ2) is 7.32. The summed E-state index contributed by atoms with van der Waals surface area (Å²) >= 11 is 0. The van der Waals surface area contributed by atoms with Gasteiger partial charge in [0.1, 0.15) is 5.75 Å². The first-order valence-corrected chi connectivity index (χ1v) is 8.39. The van der Waals surface area contributed by atoms with Crippen LogP contribution in [0.25, 0.3) is 0 Å². The first kappa shape index (κ1) is 16.3. The largest absolute Gasteiger partial charge is 0.481 e. The number of aryl methyl sites for hydroxylation is 1. The molecule has 0 aliphatic carbocycles. The number of rotatable bonds is 4. The molecule has 2 saturated heterocycles. The number of hydrogen-bond acceptors (Lipinski definition) is 4. The summed E-state index contributed by atoms with van der Waals surface area (Å²) in [4.78, 5) is 14.6. The molecule has 2 aliphatic heterocycles. The van der Waals surface area contributed by atoms with E-state index in [1.165, 1.54) is 0 Å². The van der Waals surface area contributed by atoms with Crippen molar-refractivity contribution in [3.05, 3.63) is 29.8 Å². The maximum Gasteiger partial charge on any atom is 0.263 e. The minimum absolute atomic E-state index is 0.0363. The van der Waals surface area contributed by atoms with Crippen molar-refractivity contribution in [3.63, 3.8) is 0 Å².